The van der Waals surface area contributed by atoms with Crippen LogP contribution in [-0.4, -0.2) is 84.2 Å². The van der Waals surface area contributed by atoms with Crippen LogP contribution >= 0.6 is 23.5 Å². The monoisotopic (exact) mass is 859 g/mol. The van der Waals surface area contributed by atoms with Crippen molar-refractivity contribution in [2.75, 3.05) is 41.0 Å². The number of rotatable bonds is 10. The third-order valence-electron chi connectivity index (χ3n) is 11.3. The largest absolute Gasteiger partial charge is 0.478 e. The predicted molar refractivity (Wildman–Crippen MR) is 218 cm³/mol. The second-order valence-electron chi connectivity index (χ2n) is 15.9. The van der Waals surface area contributed by atoms with E-state index in [0.29, 0.717) is 58.6 Å². The van der Waals surface area contributed by atoms with E-state index >= 15 is 8.78 Å². The van der Waals surface area contributed by atoms with Gasteiger partial charge in [0, 0.05) is 71.4 Å². The summed E-state index contributed by atoms with van der Waals surface area (Å²) < 4.78 is 110. The number of aromatic carboxylic acids is 1. The smallest absolute Gasteiger partial charge is 0.339 e. The van der Waals surface area contributed by atoms with Crippen molar-refractivity contribution in [1.82, 2.24) is 4.58 Å². The number of hydrogen-bond donors (Lipinski definition) is 3. The van der Waals surface area contributed by atoms with Crippen molar-refractivity contribution in [3.8, 4) is 11.5 Å². The van der Waals surface area contributed by atoms with Crippen molar-refractivity contribution in [2.45, 2.75) is 74.2 Å². The molecule has 0 atom stereocenters. The van der Waals surface area contributed by atoms with Crippen LogP contribution in [0.3, 0.4) is 0 Å². The Bertz CT molecular complexity index is 2740. The van der Waals surface area contributed by atoms with Gasteiger partial charge in [-0.15, -0.1) is 23.5 Å². The summed E-state index contributed by atoms with van der Waals surface area (Å²) in [5.74, 6) is -6.04. The van der Waals surface area contributed by atoms with Crippen LogP contribution in [-0.2, 0) is 33.1 Å². The van der Waals surface area contributed by atoms with Crippen molar-refractivity contribution in [3.05, 3.63) is 85.4 Å². The van der Waals surface area contributed by atoms with Gasteiger partial charge in [-0.2, -0.15) is 16.8 Å². The molecule has 3 aromatic carbocycles. The fourth-order valence-electron chi connectivity index (χ4n) is 8.75. The standard InChI is InChI=1S/C40H40F2N2O9S4/c1-39(2)11-9-21-19-25-27(28-29(38(45)46)31(42)37(55-16-18-57(50,51)52)36(30(28)41)54-15-17-56(47,48)49)26-20-22-10-12-40(3,4)44-14-6-8-24(33(22)44)35(26)53-34(25)23-7-5-13-43(39)32(21)23/h9-12,19-20H,5-8,13-18H2,1-4H3,(H2-,45,46,47,48,49,50,51,52)/p+1. The van der Waals surface area contributed by atoms with Crippen LogP contribution in [0.15, 0.2) is 34.1 Å². The number of anilines is 1. The fourth-order valence-corrected chi connectivity index (χ4v) is 12.8. The number of carboxylic acid groups (broad SMARTS) is 1. The van der Waals surface area contributed by atoms with Crippen LogP contribution in [0.1, 0.15) is 84.3 Å². The first-order chi connectivity index (χ1) is 26.7. The fraction of sp³-hybridized carbons (Fsp3) is 0.400. The van der Waals surface area contributed by atoms with Crippen LogP contribution in [0.5, 0.6) is 11.5 Å². The number of carboxylic acids is 1. The molecule has 5 aliphatic rings. The molecule has 8 rings (SSSR count). The van der Waals surface area contributed by atoms with Gasteiger partial charge in [-0.05, 0) is 63.0 Å². The number of hydrogen-bond acceptors (Lipinski definition) is 9. The van der Waals surface area contributed by atoms with E-state index in [2.05, 4.69) is 49.3 Å². The maximum atomic E-state index is 17.8. The molecule has 17 heteroatoms. The highest BCUT2D eigenvalue weighted by Gasteiger charge is 2.42. The van der Waals surface area contributed by atoms with E-state index in [-0.39, 0.29) is 16.7 Å². The van der Waals surface area contributed by atoms with Gasteiger partial charge in [-0.1, -0.05) is 12.2 Å². The van der Waals surface area contributed by atoms with Crippen molar-refractivity contribution in [3.63, 3.8) is 0 Å². The van der Waals surface area contributed by atoms with E-state index in [4.69, 9.17) is 4.74 Å². The number of fused-ring (bicyclic) bond motifs is 4. The summed E-state index contributed by atoms with van der Waals surface area (Å²) in [6, 6.07) is 3.66. The third kappa shape index (κ3) is 6.91. The molecule has 0 saturated heterocycles. The van der Waals surface area contributed by atoms with E-state index in [1.54, 1.807) is 0 Å². The van der Waals surface area contributed by atoms with Crippen molar-refractivity contribution < 1.29 is 49.4 Å². The van der Waals surface area contributed by atoms with Crippen LogP contribution in [0.2, 0.25) is 0 Å². The van der Waals surface area contributed by atoms with Gasteiger partial charge >= 0.3 is 5.97 Å². The second kappa shape index (κ2) is 13.9. The molecular weight excluding hydrogens is 819 g/mol. The highest BCUT2D eigenvalue weighted by Crippen LogP contribution is 2.52. The molecule has 5 heterocycles. The van der Waals surface area contributed by atoms with E-state index in [1.807, 2.05) is 24.3 Å². The molecule has 57 heavy (non-hydrogen) atoms. The van der Waals surface area contributed by atoms with Gasteiger partial charge in [-0.25, -0.2) is 18.2 Å². The Hall–Kier alpha value is -3.74. The zero-order chi connectivity index (χ0) is 41.0. The minimum Gasteiger partial charge on any atom is -0.478 e. The maximum absolute atomic E-state index is 17.8. The first-order valence-electron chi connectivity index (χ1n) is 18.5. The quantitative estimate of drug-likeness (QED) is 0.100. The molecule has 0 aromatic heterocycles. The molecule has 0 fully saturated rings. The molecule has 0 aliphatic carbocycles. The maximum Gasteiger partial charge on any atom is 0.339 e. The normalized spacial score (nSPS) is 18.4. The molecule has 0 amide bonds. The summed E-state index contributed by atoms with van der Waals surface area (Å²) in [6.45, 7) is 10.0. The van der Waals surface area contributed by atoms with Gasteiger partial charge in [-0.3, -0.25) is 9.11 Å². The van der Waals surface area contributed by atoms with Gasteiger partial charge in [0.2, 0.25) is 5.36 Å². The van der Waals surface area contributed by atoms with Crippen LogP contribution in [0.4, 0.5) is 14.5 Å². The lowest BCUT2D eigenvalue weighted by molar-refractivity contribution is 0.0689. The van der Waals surface area contributed by atoms with Gasteiger partial charge in [0.05, 0.1) is 38.1 Å². The van der Waals surface area contributed by atoms with Crippen molar-refractivity contribution in [1.29, 1.82) is 0 Å². The number of carbonyl (C=O) groups is 1. The summed E-state index contributed by atoms with van der Waals surface area (Å²) in [6.07, 6.45) is 10.9. The van der Waals surface area contributed by atoms with Gasteiger partial charge < -0.3 is 14.7 Å². The molecular formula is C40H41F2N2O9S4+. The highest BCUT2D eigenvalue weighted by molar-refractivity contribution is 8.03. The third-order valence-corrected chi connectivity index (χ3v) is 15.6. The molecule has 0 unspecified atom stereocenters. The Morgan fingerprint density at radius 2 is 1.51 bits per heavy atom. The Morgan fingerprint density at radius 3 is 2.16 bits per heavy atom. The minimum absolute atomic E-state index is 0.0926. The molecule has 0 saturated carbocycles. The average Bonchev–Trinajstić information content (AvgIpc) is 3.12. The zero-order valence-corrected chi connectivity index (χ0v) is 34.9. The molecule has 3 N–H and O–H groups in total. The van der Waals surface area contributed by atoms with E-state index in [1.165, 1.54) is 0 Å². The first-order valence-corrected chi connectivity index (χ1v) is 23.7. The lowest BCUT2D eigenvalue weighted by Gasteiger charge is -2.46. The highest BCUT2D eigenvalue weighted by atomic mass is 32.2. The number of nitrogens with zero attached hydrogens (tertiary/aromatic N) is 2. The first kappa shape index (κ1) is 40.1. The molecule has 0 spiro atoms. The summed E-state index contributed by atoms with van der Waals surface area (Å²) in [5.41, 5.74) is 2.53. The summed E-state index contributed by atoms with van der Waals surface area (Å²) in [7, 11) is -9.07. The molecule has 0 radical (unpaired) electrons. The van der Waals surface area contributed by atoms with E-state index < -0.39 is 81.8 Å². The number of thioether (sulfide) groups is 2. The van der Waals surface area contributed by atoms with Crippen LogP contribution < -0.4 is 24.8 Å². The lowest BCUT2D eigenvalue weighted by Crippen LogP contribution is -2.52. The van der Waals surface area contributed by atoms with Gasteiger partial charge in [0.1, 0.15) is 29.4 Å². The molecule has 0 bridgehead atoms. The van der Waals surface area contributed by atoms with Crippen molar-refractivity contribution in [2.24, 2.45) is 0 Å². The van der Waals surface area contributed by atoms with E-state index in [0.717, 1.165) is 59.2 Å². The Balaban J connectivity index is 1.51. The van der Waals surface area contributed by atoms with Crippen LogP contribution in [0.25, 0.3) is 17.7 Å². The van der Waals surface area contributed by atoms with E-state index in [9.17, 15) is 35.8 Å². The zero-order valence-electron chi connectivity index (χ0n) is 31.6. The summed E-state index contributed by atoms with van der Waals surface area (Å²) in [5, 5.41) is 12.1. The topological polar surface area (TPSA) is 162 Å². The molecule has 3 aromatic rings. The second-order valence-corrected chi connectivity index (χ2v) is 21.3. The Morgan fingerprint density at radius 1 is 0.877 bits per heavy atom. The van der Waals surface area contributed by atoms with Gasteiger partial charge in [0.15, 0.2) is 11.4 Å². The minimum atomic E-state index is -4.54. The summed E-state index contributed by atoms with van der Waals surface area (Å²) in [4.78, 5) is 14.6. The Labute approximate surface area is 337 Å². The van der Waals surface area contributed by atoms with Crippen molar-refractivity contribution >= 4 is 73.1 Å². The predicted octanol–water partition coefficient (Wildman–Crippen LogP) is 5.78. The number of halogens is 2. The summed E-state index contributed by atoms with van der Waals surface area (Å²) >= 11 is 1.03. The lowest BCUT2D eigenvalue weighted by atomic mass is 9.80. The molecule has 5 aliphatic heterocycles. The number of ether oxygens (including phenoxy) is 1. The van der Waals surface area contributed by atoms with Crippen LogP contribution in [0, 0.1) is 11.6 Å². The number of benzene rings is 3. The molecule has 302 valence electrons. The SMILES string of the molecule is CC1(C)C=Cc2cc3c(c4c2N1CCC4)Oc1c2c4c(cc1=C3c1c(F)c(SCCS(=O)(=O)O)c(SCCS(=O)(=O)O)c(F)c1C(=O)O)C=CC(C)(C)[N+]=4CCC2. The molecule has 11 nitrogen and oxygen atoms in total. The average molecular weight is 860 g/mol. The Kier molecular flexibility index (Phi) is 9.79. The van der Waals surface area contributed by atoms with Gasteiger partial charge in [0.25, 0.3) is 20.2 Å².